The van der Waals surface area contributed by atoms with Gasteiger partial charge in [0.15, 0.2) is 0 Å². The van der Waals surface area contributed by atoms with Gasteiger partial charge in [-0.3, -0.25) is 9.59 Å². The van der Waals surface area contributed by atoms with Gasteiger partial charge in [0, 0.05) is 16.8 Å². The molecule has 0 aliphatic rings. The van der Waals surface area contributed by atoms with E-state index in [-0.39, 0.29) is 5.56 Å². The number of nitrogens with two attached hydrogens (primary N) is 2. The summed E-state index contributed by atoms with van der Waals surface area (Å²) < 4.78 is 1.06. The van der Waals surface area contributed by atoms with Gasteiger partial charge in [-0.2, -0.15) is 0 Å². The first-order chi connectivity index (χ1) is 10.9. The van der Waals surface area contributed by atoms with Crippen LogP contribution < -0.4 is 21.1 Å². The predicted octanol–water partition coefficient (Wildman–Crippen LogP) is 1.77. The second-order valence-corrected chi connectivity index (χ2v) is 5.00. The summed E-state index contributed by atoms with van der Waals surface area (Å²) in [5.41, 5.74) is 11.8. The van der Waals surface area contributed by atoms with Gasteiger partial charge in [0.2, 0.25) is 11.8 Å². The van der Waals surface area contributed by atoms with E-state index in [1.165, 1.54) is 30.3 Å². The number of amides is 4. The Morgan fingerprint density at radius 2 is 1.52 bits per heavy atom. The minimum Gasteiger partial charge on any atom is -0.366 e. The quantitative estimate of drug-likeness (QED) is 0.640. The molecule has 23 heavy (non-hydrogen) atoms. The van der Waals surface area contributed by atoms with Crippen molar-refractivity contribution < 1.29 is 14.4 Å². The fraction of sp³-hybridized carbons (Fsp3) is 0. The number of thiol groups is 1. The minimum atomic E-state index is -0.592. The van der Waals surface area contributed by atoms with Gasteiger partial charge < -0.3 is 16.8 Å². The zero-order chi connectivity index (χ0) is 17.0. The van der Waals surface area contributed by atoms with Crippen LogP contribution in [0.25, 0.3) is 0 Å². The minimum absolute atomic E-state index is 0.277. The van der Waals surface area contributed by atoms with Gasteiger partial charge in [0.05, 0.1) is 5.69 Å². The Morgan fingerprint density at radius 1 is 0.913 bits per heavy atom. The normalized spacial score (nSPS) is 9.96. The average Bonchev–Trinajstić information content (AvgIpc) is 2.54. The van der Waals surface area contributed by atoms with Crippen molar-refractivity contribution in [1.29, 1.82) is 0 Å². The maximum atomic E-state index is 12.1. The summed E-state index contributed by atoms with van der Waals surface area (Å²) in [5, 5.41) is 2.58. The monoisotopic (exact) mass is 330 g/mol. The first-order valence-corrected chi connectivity index (χ1v) is 6.88. The highest BCUT2D eigenvalue weighted by Crippen LogP contribution is 2.19. The van der Waals surface area contributed by atoms with Gasteiger partial charge in [0.25, 0.3) is 0 Å². The maximum absolute atomic E-state index is 12.1. The number of nitrogens with one attached hydrogen (secondary N) is 1. The average molecular weight is 330 g/mol. The molecule has 0 spiro atoms. The van der Waals surface area contributed by atoms with Crippen molar-refractivity contribution in [3.8, 4) is 0 Å². The lowest BCUT2D eigenvalue weighted by molar-refractivity contribution is 0.0992. The van der Waals surface area contributed by atoms with Crippen LogP contribution in [0.2, 0.25) is 0 Å². The maximum Gasteiger partial charge on any atom is 0.336 e. The highest BCUT2D eigenvalue weighted by atomic mass is 32.1. The fourth-order valence-electron chi connectivity index (χ4n) is 1.81. The molecule has 0 fully saturated rings. The SMILES string of the molecule is NC(=O)c1ccc(N(S)C(=O)Nc2cccc(C(N)=O)c2)cc1. The molecule has 118 valence electrons. The Morgan fingerprint density at radius 3 is 2.09 bits per heavy atom. The van der Waals surface area contributed by atoms with Crippen LogP contribution in [-0.2, 0) is 0 Å². The van der Waals surface area contributed by atoms with Gasteiger partial charge >= 0.3 is 6.03 Å². The molecule has 5 N–H and O–H groups in total. The summed E-state index contributed by atoms with van der Waals surface area (Å²) in [6.07, 6.45) is 0. The Hall–Kier alpha value is -3.00. The topological polar surface area (TPSA) is 119 Å². The molecule has 0 aliphatic heterocycles. The van der Waals surface area contributed by atoms with Crippen molar-refractivity contribution in [2.45, 2.75) is 0 Å². The van der Waals surface area contributed by atoms with Crippen LogP contribution in [0.5, 0.6) is 0 Å². The zero-order valence-electron chi connectivity index (χ0n) is 11.9. The van der Waals surface area contributed by atoms with E-state index in [2.05, 4.69) is 18.1 Å². The largest absolute Gasteiger partial charge is 0.366 e. The number of nitrogens with zero attached hydrogens (tertiary/aromatic N) is 1. The Labute approximate surface area is 137 Å². The van der Waals surface area contributed by atoms with E-state index in [0.717, 1.165) is 4.31 Å². The molecule has 0 aliphatic carbocycles. The predicted molar refractivity (Wildman–Crippen MR) is 90.4 cm³/mol. The third-order valence-electron chi connectivity index (χ3n) is 2.99. The van der Waals surface area contributed by atoms with Crippen molar-refractivity contribution in [3.05, 3.63) is 59.7 Å². The number of carbonyl (C=O) groups excluding carboxylic acids is 3. The first-order valence-electron chi connectivity index (χ1n) is 6.48. The third-order valence-corrected chi connectivity index (χ3v) is 3.40. The standard InChI is InChI=1S/C15H14N4O3S/c16-13(20)9-4-6-12(7-5-9)19(23)15(22)18-11-3-1-2-10(8-11)14(17)21/h1-8,23H,(H2,16,20)(H2,17,21)(H,18,22). The van der Waals surface area contributed by atoms with Gasteiger partial charge in [-0.05, 0) is 42.5 Å². The van der Waals surface area contributed by atoms with Gasteiger partial charge in [-0.1, -0.05) is 18.9 Å². The molecule has 8 heteroatoms. The number of rotatable bonds is 4. The Kier molecular flexibility index (Phi) is 4.87. The number of urea groups is 1. The van der Waals surface area contributed by atoms with Crippen LogP contribution >= 0.6 is 12.8 Å². The van der Waals surface area contributed by atoms with E-state index in [1.807, 2.05) is 0 Å². The van der Waals surface area contributed by atoms with Crippen LogP contribution in [0, 0.1) is 0 Å². The zero-order valence-corrected chi connectivity index (χ0v) is 12.8. The van der Waals surface area contributed by atoms with Crippen LogP contribution in [0.15, 0.2) is 48.5 Å². The molecule has 0 unspecified atom stereocenters. The van der Waals surface area contributed by atoms with Gasteiger partial charge in [-0.25, -0.2) is 9.10 Å². The van der Waals surface area contributed by atoms with Crippen LogP contribution in [-0.4, -0.2) is 17.8 Å². The molecule has 0 heterocycles. The summed E-state index contributed by atoms with van der Waals surface area (Å²) in [6.45, 7) is 0. The lowest BCUT2D eigenvalue weighted by Crippen LogP contribution is -2.27. The molecule has 2 aromatic carbocycles. The third kappa shape index (κ3) is 4.01. The summed E-state index contributed by atoms with van der Waals surface area (Å²) in [5.74, 6) is -1.15. The lowest BCUT2D eigenvalue weighted by Gasteiger charge is -2.17. The fourth-order valence-corrected chi connectivity index (χ4v) is 1.99. The molecule has 0 saturated carbocycles. The molecule has 0 aromatic heterocycles. The van der Waals surface area contributed by atoms with E-state index in [9.17, 15) is 14.4 Å². The van der Waals surface area contributed by atoms with Crippen molar-refractivity contribution >= 4 is 42.0 Å². The summed E-state index contributed by atoms with van der Waals surface area (Å²) >= 11 is 4.11. The summed E-state index contributed by atoms with van der Waals surface area (Å²) in [7, 11) is 0. The van der Waals surface area contributed by atoms with Crippen molar-refractivity contribution in [2.24, 2.45) is 11.5 Å². The molecule has 0 radical (unpaired) electrons. The van der Waals surface area contributed by atoms with Crippen LogP contribution in [0.1, 0.15) is 20.7 Å². The number of hydrogen-bond acceptors (Lipinski definition) is 4. The molecule has 0 bridgehead atoms. The molecular weight excluding hydrogens is 316 g/mol. The van der Waals surface area contributed by atoms with Gasteiger partial charge in [0.1, 0.15) is 0 Å². The van der Waals surface area contributed by atoms with Crippen LogP contribution in [0.3, 0.4) is 0 Å². The van der Waals surface area contributed by atoms with Crippen molar-refractivity contribution in [2.75, 3.05) is 9.62 Å². The first kappa shape index (κ1) is 16.4. The Balaban J connectivity index is 2.12. The van der Waals surface area contributed by atoms with E-state index in [4.69, 9.17) is 11.5 Å². The molecular formula is C15H14N4O3S. The number of primary amides is 2. The highest BCUT2D eigenvalue weighted by Gasteiger charge is 2.13. The summed E-state index contributed by atoms with van der Waals surface area (Å²) in [6, 6.07) is 11.7. The van der Waals surface area contributed by atoms with E-state index in [1.54, 1.807) is 18.2 Å². The highest BCUT2D eigenvalue weighted by molar-refractivity contribution is 7.82. The molecule has 0 atom stereocenters. The lowest BCUT2D eigenvalue weighted by atomic mass is 10.2. The van der Waals surface area contributed by atoms with Crippen molar-refractivity contribution in [3.63, 3.8) is 0 Å². The molecule has 2 aromatic rings. The second-order valence-electron chi connectivity index (χ2n) is 4.60. The molecule has 2 rings (SSSR count). The van der Waals surface area contributed by atoms with E-state index < -0.39 is 17.8 Å². The number of benzene rings is 2. The van der Waals surface area contributed by atoms with Crippen LogP contribution in [0.4, 0.5) is 16.2 Å². The number of carbonyl (C=O) groups is 3. The molecule has 7 nitrogen and oxygen atoms in total. The molecule has 4 amide bonds. The summed E-state index contributed by atoms with van der Waals surface area (Å²) in [4.78, 5) is 34.3. The second kappa shape index (κ2) is 6.84. The van der Waals surface area contributed by atoms with Crippen molar-refractivity contribution in [1.82, 2.24) is 0 Å². The smallest absolute Gasteiger partial charge is 0.336 e. The number of anilines is 2. The van der Waals surface area contributed by atoms with E-state index >= 15 is 0 Å². The number of hydrogen-bond donors (Lipinski definition) is 4. The van der Waals surface area contributed by atoms with E-state index in [0.29, 0.717) is 16.9 Å². The van der Waals surface area contributed by atoms with Gasteiger partial charge in [-0.15, -0.1) is 0 Å². The molecule has 0 saturated heterocycles. The Bertz CT molecular complexity index is 762.